The molecule has 0 atom stereocenters. The molecule has 1 heterocycles. The Morgan fingerprint density at radius 2 is 1.87 bits per heavy atom. The average Bonchev–Trinajstić information content (AvgIpc) is 3.26. The molecule has 30 heavy (non-hydrogen) atoms. The van der Waals surface area contributed by atoms with Gasteiger partial charge >= 0.3 is 0 Å². The second kappa shape index (κ2) is 8.39. The SMILES string of the molecule is COc1ccc2ccccc2c1-c1cc(C(=O)N/N=C(\C)c2ccc(Cl)cc2)[nH]n1. The molecule has 1 aromatic heterocycles. The number of hydrogen-bond donors (Lipinski definition) is 2. The summed E-state index contributed by atoms with van der Waals surface area (Å²) in [5.41, 5.74) is 5.83. The van der Waals surface area contributed by atoms with Crippen LogP contribution in [0.2, 0.25) is 5.02 Å². The number of hydrazone groups is 1. The highest BCUT2D eigenvalue weighted by Crippen LogP contribution is 2.36. The molecule has 0 saturated heterocycles. The van der Waals surface area contributed by atoms with Crippen LogP contribution in [-0.2, 0) is 0 Å². The van der Waals surface area contributed by atoms with Crippen molar-refractivity contribution < 1.29 is 9.53 Å². The van der Waals surface area contributed by atoms with Crippen LogP contribution in [0.4, 0.5) is 0 Å². The molecular formula is C23H19ClN4O2. The maximum absolute atomic E-state index is 12.6. The van der Waals surface area contributed by atoms with Crippen molar-refractivity contribution in [1.82, 2.24) is 15.6 Å². The number of nitrogens with one attached hydrogen (secondary N) is 2. The van der Waals surface area contributed by atoms with Gasteiger partial charge in [-0.3, -0.25) is 9.89 Å². The Kier molecular flexibility index (Phi) is 5.50. The minimum Gasteiger partial charge on any atom is -0.496 e. The van der Waals surface area contributed by atoms with Crippen molar-refractivity contribution in [1.29, 1.82) is 0 Å². The second-order valence-electron chi connectivity index (χ2n) is 6.68. The molecule has 4 rings (SSSR count). The molecule has 0 spiro atoms. The van der Waals surface area contributed by atoms with E-state index in [9.17, 15) is 4.79 Å². The fourth-order valence-electron chi connectivity index (χ4n) is 3.20. The number of carbonyl (C=O) groups excluding carboxylic acids is 1. The highest BCUT2D eigenvalue weighted by molar-refractivity contribution is 6.30. The highest BCUT2D eigenvalue weighted by Gasteiger charge is 2.16. The first-order chi connectivity index (χ1) is 14.6. The Labute approximate surface area is 178 Å². The van der Waals surface area contributed by atoms with E-state index in [1.165, 1.54) is 0 Å². The van der Waals surface area contributed by atoms with Crippen LogP contribution in [0.5, 0.6) is 5.75 Å². The first kappa shape index (κ1) is 19.7. The van der Waals surface area contributed by atoms with Gasteiger partial charge in [-0.1, -0.05) is 54.1 Å². The molecule has 1 amide bonds. The maximum Gasteiger partial charge on any atom is 0.289 e. The summed E-state index contributed by atoms with van der Waals surface area (Å²) < 4.78 is 5.53. The van der Waals surface area contributed by atoms with Crippen LogP contribution in [0, 0.1) is 0 Å². The van der Waals surface area contributed by atoms with Crippen LogP contribution in [0.3, 0.4) is 0 Å². The van der Waals surface area contributed by atoms with Gasteiger partial charge in [-0.2, -0.15) is 10.2 Å². The van der Waals surface area contributed by atoms with Gasteiger partial charge in [0.1, 0.15) is 11.4 Å². The van der Waals surface area contributed by atoms with Crippen molar-refractivity contribution in [2.24, 2.45) is 5.10 Å². The standard InChI is InChI=1S/C23H19ClN4O2/c1-14(15-7-10-17(24)11-8-15)25-28-23(29)20-13-19(26-27-20)22-18-6-4-3-5-16(18)9-12-21(22)30-2/h3-13H,1-2H3,(H,26,27)(H,28,29)/b25-14+. The van der Waals surface area contributed by atoms with Crippen molar-refractivity contribution in [3.63, 3.8) is 0 Å². The van der Waals surface area contributed by atoms with Gasteiger partial charge in [-0.05, 0) is 47.5 Å². The molecule has 0 saturated carbocycles. The molecule has 3 aromatic carbocycles. The molecule has 0 unspecified atom stereocenters. The Morgan fingerprint density at radius 3 is 2.63 bits per heavy atom. The van der Waals surface area contributed by atoms with Crippen molar-refractivity contribution in [3.8, 4) is 17.0 Å². The lowest BCUT2D eigenvalue weighted by atomic mass is 10.0. The van der Waals surface area contributed by atoms with Crippen molar-refractivity contribution in [2.75, 3.05) is 7.11 Å². The number of ether oxygens (including phenoxy) is 1. The summed E-state index contributed by atoms with van der Waals surface area (Å²) >= 11 is 5.91. The lowest BCUT2D eigenvalue weighted by Crippen LogP contribution is -2.19. The number of aromatic nitrogens is 2. The molecule has 150 valence electrons. The number of aromatic amines is 1. The van der Waals surface area contributed by atoms with E-state index in [-0.39, 0.29) is 5.91 Å². The van der Waals surface area contributed by atoms with E-state index in [1.54, 1.807) is 25.3 Å². The van der Waals surface area contributed by atoms with E-state index < -0.39 is 0 Å². The second-order valence-corrected chi connectivity index (χ2v) is 7.11. The molecule has 7 heteroatoms. The van der Waals surface area contributed by atoms with Gasteiger partial charge in [-0.25, -0.2) is 5.43 Å². The molecule has 0 aliphatic rings. The normalized spacial score (nSPS) is 11.5. The first-order valence-corrected chi connectivity index (χ1v) is 9.66. The number of nitrogens with zero attached hydrogens (tertiary/aromatic N) is 2. The Morgan fingerprint density at radius 1 is 1.10 bits per heavy atom. The lowest BCUT2D eigenvalue weighted by Gasteiger charge is -2.09. The van der Waals surface area contributed by atoms with Crippen LogP contribution < -0.4 is 10.2 Å². The van der Waals surface area contributed by atoms with Crippen LogP contribution in [0.25, 0.3) is 22.0 Å². The zero-order valence-corrected chi connectivity index (χ0v) is 17.2. The predicted molar refractivity (Wildman–Crippen MR) is 119 cm³/mol. The van der Waals surface area contributed by atoms with Gasteiger partial charge in [0, 0.05) is 5.02 Å². The third-order valence-electron chi connectivity index (χ3n) is 4.78. The van der Waals surface area contributed by atoms with Gasteiger partial charge in [0.25, 0.3) is 5.91 Å². The Bertz CT molecular complexity index is 1250. The topological polar surface area (TPSA) is 79.4 Å². The summed E-state index contributed by atoms with van der Waals surface area (Å²) in [4.78, 5) is 12.6. The predicted octanol–water partition coefficient (Wildman–Crippen LogP) is 5.05. The molecule has 0 bridgehead atoms. The van der Waals surface area contributed by atoms with E-state index in [2.05, 4.69) is 20.7 Å². The first-order valence-electron chi connectivity index (χ1n) is 9.29. The number of methoxy groups -OCH3 is 1. The van der Waals surface area contributed by atoms with E-state index >= 15 is 0 Å². The quantitative estimate of drug-likeness (QED) is 0.351. The minimum absolute atomic E-state index is 0.299. The third kappa shape index (κ3) is 3.90. The van der Waals surface area contributed by atoms with Crippen LogP contribution >= 0.6 is 11.6 Å². The summed E-state index contributed by atoms with van der Waals surface area (Å²) in [6.45, 7) is 1.81. The average molecular weight is 419 g/mol. The van der Waals surface area contributed by atoms with Crippen molar-refractivity contribution in [2.45, 2.75) is 6.92 Å². The fourth-order valence-corrected chi connectivity index (χ4v) is 3.33. The van der Waals surface area contributed by atoms with Gasteiger partial charge < -0.3 is 4.74 Å². The number of halogens is 1. The Balaban J connectivity index is 1.60. The molecule has 0 aliphatic heterocycles. The third-order valence-corrected chi connectivity index (χ3v) is 5.03. The van der Waals surface area contributed by atoms with Gasteiger partial charge in [0.2, 0.25) is 0 Å². The number of fused-ring (bicyclic) bond motifs is 1. The van der Waals surface area contributed by atoms with E-state index in [0.29, 0.717) is 27.9 Å². The fraction of sp³-hybridized carbons (Fsp3) is 0.0870. The lowest BCUT2D eigenvalue weighted by molar-refractivity contribution is 0.0950. The molecule has 6 nitrogen and oxygen atoms in total. The molecule has 0 radical (unpaired) electrons. The number of benzene rings is 3. The van der Waals surface area contributed by atoms with Crippen molar-refractivity contribution >= 4 is 34.0 Å². The monoisotopic (exact) mass is 418 g/mol. The van der Waals surface area contributed by atoms with E-state index in [4.69, 9.17) is 16.3 Å². The summed E-state index contributed by atoms with van der Waals surface area (Å²) in [7, 11) is 1.61. The number of hydrogen-bond acceptors (Lipinski definition) is 4. The van der Waals surface area contributed by atoms with E-state index in [1.807, 2.05) is 55.5 Å². The summed E-state index contributed by atoms with van der Waals surface area (Å²) in [6.07, 6.45) is 0. The van der Waals surface area contributed by atoms with Gasteiger partial charge in [0.15, 0.2) is 0 Å². The van der Waals surface area contributed by atoms with Crippen LogP contribution in [0.15, 0.2) is 71.8 Å². The summed E-state index contributed by atoms with van der Waals surface area (Å²) in [5.74, 6) is 0.296. The largest absolute Gasteiger partial charge is 0.496 e. The number of carbonyl (C=O) groups is 1. The Hall–Kier alpha value is -3.64. The zero-order valence-electron chi connectivity index (χ0n) is 16.4. The van der Waals surface area contributed by atoms with E-state index in [0.717, 1.165) is 21.9 Å². The molecule has 4 aromatic rings. The van der Waals surface area contributed by atoms with Crippen LogP contribution in [-0.4, -0.2) is 28.9 Å². The zero-order chi connectivity index (χ0) is 21.1. The van der Waals surface area contributed by atoms with Gasteiger partial charge in [0.05, 0.1) is 24.1 Å². The maximum atomic E-state index is 12.6. The molecular weight excluding hydrogens is 400 g/mol. The smallest absolute Gasteiger partial charge is 0.289 e. The number of rotatable bonds is 5. The summed E-state index contributed by atoms with van der Waals surface area (Å²) in [6, 6.07) is 20.8. The summed E-state index contributed by atoms with van der Waals surface area (Å²) in [5, 5.41) is 14.0. The number of amides is 1. The minimum atomic E-state index is -0.388. The molecule has 0 fully saturated rings. The molecule has 2 N–H and O–H groups in total. The number of H-pyrrole nitrogens is 1. The van der Waals surface area contributed by atoms with Crippen LogP contribution in [0.1, 0.15) is 23.0 Å². The highest BCUT2D eigenvalue weighted by atomic mass is 35.5. The molecule has 0 aliphatic carbocycles. The van der Waals surface area contributed by atoms with Crippen molar-refractivity contribution in [3.05, 3.63) is 83.0 Å². The van der Waals surface area contributed by atoms with Gasteiger partial charge in [-0.15, -0.1) is 0 Å².